The van der Waals surface area contributed by atoms with Crippen LogP contribution < -0.4 is 10.1 Å². The van der Waals surface area contributed by atoms with Crippen molar-refractivity contribution in [3.05, 3.63) is 83.9 Å². The number of hydrogen-bond acceptors (Lipinski definition) is 4. The van der Waals surface area contributed by atoms with Gasteiger partial charge >= 0.3 is 0 Å². The first-order valence-corrected chi connectivity index (χ1v) is 8.21. The Morgan fingerprint density at radius 3 is 1.78 bits per heavy atom. The highest BCUT2D eigenvalue weighted by atomic mass is 16.5. The van der Waals surface area contributed by atoms with Crippen LogP contribution in [0.3, 0.4) is 0 Å². The van der Waals surface area contributed by atoms with E-state index >= 15 is 0 Å². The number of carbonyl (C=O) groups excluding carboxylic acids is 1. The summed E-state index contributed by atoms with van der Waals surface area (Å²) in [5, 5.41) is 20.3. The summed E-state index contributed by atoms with van der Waals surface area (Å²) in [6.45, 7) is -0.115. The molecule has 0 fully saturated rings. The Bertz CT molecular complexity index is 1010. The molecule has 0 heterocycles. The number of ether oxygens (including phenoxy) is 1. The number of amides is 1. The summed E-state index contributed by atoms with van der Waals surface area (Å²) < 4.78 is 5.50. The highest BCUT2D eigenvalue weighted by Crippen LogP contribution is 2.22. The molecule has 0 aliphatic carbocycles. The molecule has 5 heteroatoms. The fraction of sp³-hybridized carbons (Fsp3) is 0.0455. The van der Waals surface area contributed by atoms with Crippen LogP contribution in [0.1, 0.15) is 11.1 Å². The third-order valence-corrected chi connectivity index (χ3v) is 3.87. The normalized spacial score (nSPS) is 9.70. The molecular formula is C22H15N3O2. The van der Waals surface area contributed by atoms with Gasteiger partial charge in [0.2, 0.25) is 0 Å². The number of carbonyl (C=O) groups is 1. The van der Waals surface area contributed by atoms with E-state index < -0.39 is 0 Å². The predicted molar refractivity (Wildman–Crippen MR) is 102 cm³/mol. The first kappa shape index (κ1) is 17.7. The molecule has 0 atom stereocenters. The van der Waals surface area contributed by atoms with Crippen LogP contribution in [0.25, 0.3) is 11.1 Å². The number of nitrogens with one attached hydrogen (secondary N) is 1. The Hall–Kier alpha value is -4.09. The van der Waals surface area contributed by atoms with E-state index in [0.717, 1.165) is 11.1 Å². The summed E-state index contributed by atoms with van der Waals surface area (Å²) in [5.74, 6) is 0.304. The summed E-state index contributed by atoms with van der Waals surface area (Å²) in [5.41, 5.74) is 3.75. The van der Waals surface area contributed by atoms with E-state index in [9.17, 15) is 4.79 Å². The lowest BCUT2D eigenvalue weighted by atomic mass is 10.0. The molecule has 3 aromatic carbocycles. The van der Waals surface area contributed by atoms with Crippen LogP contribution in [0, 0.1) is 22.7 Å². The minimum Gasteiger partial charge on any atom is -0.484 e. The fourth-order valence-corrected chi connectivity index (χ4v) is 2.45. The zero-order valence-corrected chi connectivity index (χ0v) is 14.3. The lowest BCUT2D eigenvalue weighted by Crippen LogP contribution is -2.20. The van der Waals surface area contributed by atoms with Crippen LogP contribution >= 0.6 is 0 Å². The summed E-state index contributed by atoms with van der Waals surface area (Å²) in [4.78, 5) is 12.0. The van der Waals surface area contributed by atoms with Crippen LogP contribution in [0.5, 0.6) is 5.75 Å². The first-order chi connectivity index (χ1) is 13.2. The largest absolute Gasteiger partial charge is 0.484 e. The Balaban J connectivity index is 1.55. The number of nitriles is 2. The van der Waals surface area contributed by atoms with Gasteiger partial charge in [0.15, 0.2) is 6.61 Å². The molecule has 1 amide bonds. The molecule has 0 saturated heterocycles. The predicted octanol–water partition coefficient (Wildman–Crippen LogP) is 4.11. The third-order valence-electron chi connectivity index (χ3n) is 3.87. The lowest BCUT2D eigenvalue weighted by molar-refractivity contribution is -0.118. The summed E-state index contributed by atoms with van der Waals surface area (Å²) in [6.07, 6.45) is 0. The molecule has 0 radical (unpaired) electrons. The van der Waals surface area contributed by atoms with Crippen molar-refractivity contribution in [3.63, 3.8) is 0 Å². The number of benzene rings is 3. The maximum absolute atomic E-state index is 12.0. The molecule has 0 saturated carbocycles. The molecule has 0 bridgehead atoms. The molecule has 0 aliphatic rings. The van der Waals surface area contributed by atoms with Gasteiger partial charge in [-0.15, -0.1) is 0 Å². The van der Waals surface area contributed by atoms with Crippen molar-refractivity contribution in [2.45, 2.75) is 0 Å². The quantitative estimate of drug-likeness (QED) is 0.748. The van der Waals surface area contributed by atoms with Crippen LogP contribution in [0.15, 0.2) is 72.8 Å². The van der Waals surface area contributed by atoms with E-state index in [4.69, 9.17) is 15.3 Å². The van der Waals surface area contributed by atoms with Gasteiger partial charge in [-0.25, -0.2) is 0 Å². The van der Waals surface area contributed by atoms with E-state index in [1.165, 1.54) is 0 Å². The molecule has 27 heavy (non-hydrogen) atoms. The standard InChI is InChI=1S/C22H15N3O2/c23-13-16-1-5-18(6-2-16)19-7-11-21(12-8-19)27-15-22(26)25-20-9-3-17(14-24)4-10-20/h1-12H,15H2,(H,25,26). The van der Waals surface area contributed by atoms with Gasteiger partial charge in [0.1, 0.15) is 5.75 Å². The highest BCUT2D eigenvalue weighted by Gasteiger charge is 2.05. The van der Waals surface area contributed by atoms with Gasteiger partial charge in [0, 0.05) is 5.69 Å². The van der Waals surface area contributed by atoms with Gasteiger partial charge < -0.3 is 10.1 Å². The molecule has 1 N–H and O–H groups in total. The maximum Gasteiger partial charge on any atom is 0.262 e. The molecule has 0 aromatic heterocycles. The van der Waals surface area contributed by atoms with Gasteiger partial charge in [-0.2, -0.15) is 10.5 Å². The maximum atomic E-state index is 12.0. The van der Waals surface area contributed by atoms with E-state index in [0.29, 0.717) is 22.6 Å². The van der Waals surface area contributed by atoms with Gasteiger partial charge in [-0.3, -0.25) is 4.79 Å². The van der Waals surface area contributed by atoms with Gasteiger partial charge in [0.25, 0.3) is 5.91 Å². The van der Waals surface area contributed by atoms with Gasteiger partial charge in [-0.1, -0.05) is 24.3 Å². The van der Waals surface area contributed by atoms with Gasteiger partial charge in [-0.05, 0) is 59.7 Å². The highest BCUT2D eigenvalue weighted by molar-refractivity contribution is 5.91. The van der Waals surface area contributed by atoms with Crippen molar-refractivity contribution < 1.29 is 9.53 Å². The van der Waals surface area contributed by atoms with Crippen molar-refractivity contribution in [3.8, 4) is 29.0 Å². The number of rotatable bonds is 5. The van der Waals surface area contributed by atoms with E-state index in [-0.39, 0.29) is 12.5 Å². The molecule has 3 aromatic rings. The van der Waals surface area contributed by atoms with Gasteiger partial charge in [0.05, 0.1) is 23.3 Å². The second-order valence-electron chi connectivity index (χ2n) is 5.74. The Morgan fingerprint density at radius 1 is 0.778 bits per heavy atom. The zero-order chi connectivity index (χ0) is 19.1. The Kier molecular flexibility index (Phi) is 5.47. The lowest BCUT2D eigenvalue weighted by Gasteiger charge is -2.08. The van der Waals surface area contributed by atoms with E-state index in [1.807, 2.05) is 30.3 Å². The summed E-state index contributed by atoms with van der Waals surface area (Å²) >= 11 is 0. The topological polar surface area (TPSA) is 85.9 Å². The monoisotopic (exact) mass is 353 g/mol. The number of nitrogens with zero attached hydrogens (tertiary/aromatic N) is 2. The van der Waals surface area contributed by atoms with Crippen LogP contribution in [-0.4, -0.2) is 12.5 Å². The van der Waals surface area contributed by atoms with Crippen molar-refractivity contribution in [2.75, 3.05) is 11.9 Å². The van der Waals surface area contributed by atoms with Crippen LogP contribution in [0.2, 0.25) is 0 Å². The van der Waals surface area contributed by atoms with Crippen molar-refractivity contribution >= 4 is 11.6 Å². The fourth-order valence-electron chi connectivity index (χ4n) is 2.45. The van der Waals surface area contributed by atoms with Crippen molar-refractivity contribution in [2.24, 2.45) is 0 Å². The van der Waals surface area contributed by atoms with Crippen molar-refractivity contribution in [1.29, 1.82) is 10.5 Å². The second kappa shape index (κ2) is 8.33. The third kappa shape index (κ3) is 4.72. The minimum absolute atomic E-state index is 0.115. The zero-order valence-electron chi connectivity index (χ0n) is 14.3. The Morgan fingerprint density at radius 2 is 1.26 bits per heavy atom. The molecule has 5 nitrogen and oxygen atoms in total. The van der Waals surface area contributed by atoms with E-state index in [2.05, 4.69) is 11.4 Å². The van der Waals surface area contributed by atoms with Crippen LogP contribution in [0.4, 0.5) is 5.69 Å². The molecule has 130 valence electrons. The first-order valence-electron chi connectivity index (χ1n) is 8.21. The SMILES string of the molecule is N#Cc1ccc(NC(=O)COc2ccc(-c3ccc(C#N)cc3)cc2)cc1. The average Bonchev–Trinajstić information content (AvgIpc) is 2.73. The Labute approximate surface area is 157 Å². The smallest absolute Gasteiger partial charge is 0.262 e. The van der Waals surface area contributed by atoms with Crippen molar-refractivity contribution in [1.82, 2.24) is 0 Å². The molecule has 0 spiro atoms. The second-order valence-corrected chi connectivity index (χ2v) is 5.74. The summed E-state index contributed by atoms with van der Waals surface area (Å²) in [6, 6.07) is 25.4. The molecule has 0 unspecified atom stereocenters. The molecular weight excluding hydrogens is 338 g/mol. The van der Waals surface area contributed by atoms with E-state index in [1.54, 1.807) is 48.5 Å². The summed E-state index contributed by atoms with van der Waals surface area (Å²) in [7, 11) is 0. The minimum atomic E-state index is -0.282. The molecule has 0 aliphatic heterocycles. The number of anilines is 1. The average molecular weight is 353 g/mol. The van der Waals surface area contributed by atoms with Crippen LogP contribution in [-0.2, 0) is 4.79 Å². The molecule has 3 rings (SSSR count). The number of hydrogen-bond donors (Lipinski definition) is 1.